The Morgan fingerprint density at radius 2 is 1.89 bits per heavy atom. The molecule has 210 valence electrons. The maximum absolute atomic E-state index is 13.1. The number of nitrogens with one attached hydrogen (secondary N) is 1. The number of carbonyl (C=O) groups is 5. The molecule has 12 heteroatoms. The van der Waals surface area contributed by atoms with Gasteiger partial charge in [-0.25, -0.2) is 14.6 Å². The Balaban J connectivity index is 2.24. The van der Waals surface area contributed by atoms with Gasteiger partial charge in [0.05, 0.1) is 18.4 Å². The predicted molar refractivity (Wildman–Crippen MR) is 132 cm³/mol. The second-order valence-corrected chi connectivity index (χ2v) is 9.23. The molecule has 0 aromatic carbocycles. The lowest BCUT2D eigenvalue weighted by molar-refractivity contribution is -0.176. The number of cyclic esters (lactones) is 2. The third-order valence-corrected chi connectivity index (χ3v) is 5.83. The Morgan fingerprint density at radius 3 is 2.53 bits per heavy atom. The zero-order valence-electron chi connectivity index (χ0n) is 22.6. The van der Waals surface area contributed by atoms with E-state index in [9.17, 15) is 24.0 Å². The normalized spacial score (nSPS) is 21.8. The van der Waals surface area contributed by atoms with Crippen molar-refractivity contribution in [1.29, 1.82) is 0 Å². The van der Waals surface area contributed by atoms with Crippen molar-refractivity contribution in [3.05, 3.63) is 23.5 Å². The second-order valence-electron chi connectivity index (χ2n) is 9.23. The standard InChI is InChI=1S/C26H36N2O10/c1-7-9-12-34-26(33)38-20-15(5)10-11-27-19(20)22(29)28-18-13-35-24(31)17(8-2)21(16(6)36-25(18)32)37-23(30)14(3)4/h10-11,14,16-18,21H,7-9,12-13H2,1-6H3,(H,28,29). The molecule has 12 nitrogen and oxygen atoms in total. The van der Waals surface area contributed by atoms with Crippen LogP contribution in [0.3, 0.4) is 0 Å². The van der Waals surface area contributed by atoms with Crippen LogP contribution in [-0.4, -0.2) is 66.4 Å². The van der Waals surface area contributed by atoms with E-state index in [0.29, 0.717) is 12.0 Å². The molecule has 1 fully saturated rings. The van der Waals surface area contributed by atoms with E-state index < -0.39 is 66.7 Å². The summed E-state index contributed by atoms with van der Waals surface area (Å²) in [6.45, 7) is 9.65. The van der Waals surface area contributed by atoms with E-state index in [0.717, 1.165) is 6.42 Å². The van der Waals surface area contributed by atoms with Gasteiger partial charge >= 0.3 is 24.1 Å². The molecule has 1 aromatic rings. The summed E-state index contributed by atoms with van der Waals surface area (Å²) < 4.78 is 26.5. The van der Waals surface area contributed by atoms with E-state index in [1.54, 1.807) is 27.7 Å². The summed E-state index contributed by atoms with van der Waals surface area (Å²) in [5.74, 6) is -4.52. The highest BCUT2D eigenvalue weighted by Crippen LogP contribution is 2.25. The van der Waals surface area contributed by atoms with Crippen molar-refractivity contribution in [2.45, 2.75) is 79.1 Å². The summed E-state index contributed by atoms with van der Waals surface area (Å²) >= 11 is 0. The van der Waals surface area contributed by atoms with Crippen molar-refractivity contribution in [2.75, 3.05) is 13.2 Å². The molecule has 4 unspecified atom stereocenters. The summed E-state index contributed by atoms with van der Waals surface area (Å²) in [7, 11) is 0. The lowest BCUT2D eigenvalue weighted by Gasteiger charge is -2.29. The average Bonchev–Trinajstić information content (AvgIpc) is 2.90. The molecule has 38 heavy (non-hydrogen) atoms. The lowest BCUT2D eigenvalue weighted by atomic mass is 9.95. The van der Waals surface area contributed by atoms with Crippen molar-refractivity contribution in [3.63, 3.8) is 0 Å². The largest absolute Gasteiger partial charge is 0.513 e. The molecular weight excluding hydrogens is 500 g/mol. The van der Waals surface area contributed by atoms with E-state index in [-0.39, 0.29) is 24.5 Å². The van der Waals surface area contributed by atoms with E-state index >= 15 is 0 Å². The van der Waals surface area contributed by atoms with Gasteiger partial charge in [0.2, 0.25) is 0 Å². The Hall–Kier alpha value is -3.70. The molecule has 2 rings (SSSR count). The Morgan fingerprint density at radius 1 is 1.18 bits per heavy atom. The van der Waals surface area contributed by atoms with Gasteiger partial charge in [-0.3, -0.25) is 14.4 Å². The number of rotatable bonds is 9. The van der Waals surface area contributed by atoms with Crippen LogP contribution in [0.1, 0.15) is 69.9 Å². The van der Waals surface area contributed by atoms with Crippen molar-refractivity contribution in [3.8, 4) is 5.75 Å². The number of unbranched alkanes of at least 4 members (excludes halogenated alkanes) is 1. The Labute approximate surface area is 221 Å². The fourth-order valence-electron chi connectivity index (χ4n) is 3.56. The van der Waals surface area contributed by atoms with Crippen LogP contribution in [0, 0.1) is 18.8 Å². The maximum atomic E-state index is 13.1. The first-order chi connectivity index (χ1) is 18.0. The number of carbonyl (C=O) groups excluding carboxylic acids is 5. The Kier molecular flexibility index (Phi) is 11.5. The summed E-state index contributed by atoms with van der Waals surface area (Å²) in [5.41, 5.74) is 0.148. The molecule has 0 radical (unpaired) electrons. The number of esters is 3. The Bertz CT molecular complexity index is 1030. The fraction of sp³-hybridized carbons (Fsp3) is 0.615. The minimum Gasteiger partial charge on any atom is -0.463 e. The number of nitrogens with zero attached hydrogens (tertiary/aromatic N) is 1. The highest BCUT2D eigenvalue weighted by atomic mass is 16.7. The first kappa shape index (κ1) is 30.5. The number of aromatic nitrogens is 1. The van der Waals surface area contributed by atoms with Crippen LogP contribution in [0.2, 0.25) is 0 Å². The number of amides is 1. The monoisotopic (exact) mass is 536 g/mol. The molecule has 1 aliphatic rings. The van der Waals surface area contributed by atoms with E-state index in [1.807, 2.05) is 6.92 Å². The molecule has 0 aliphatic carbocycles. The highest BCUT2D eigenvalue weighted by Gasteiger charge is 2.41. The number of pyridine rings is 1. The summed E-state index contributed by atoms with van der Waals surface area (Å²) in [6, 6.07) is 0.129. The third-order valence-electron chi connectivity index (χ3n) is 5.83. The van der Waals surface area contributed by atoms with E-state index in [2.05, 4.69) is 10.3 Å². The first-order valence-corrected chi connectivity index (χ1v) is 12.7. The van der Waals surface area contributed by atoms with Crippen molar-refractivity contribution < 1.29 is 47.7 Å². The highest BCUT2D eigenvalue weighted by molar-refractivity contribution is 5.98. The van der Waals surface area contributed by atoms with Crippen molar-refractivity contribution in [2.24, 2.45) is 11.8 Å². The summed E-state index contributed by atoms with van der Waals surface area (Å²) in [6.07, 6.45) is -0.0225. The van der Waals surface area contributed by atoms with Gasteiger partial charge in [0.15, 0.2) is 23.6 Å². The van der Waals surface area contributed by atoms with Gasteiger partial charge in [0.1, 0.15) is 12.7 Å². The summed E-state index contributed by atoms with van der Waals surface area (Å²) in [4.78, 5) is 67.2. The molecule has 0 bridgehead atoms. The van der Waals surface area contributed by atoms with E-state index in [4.69, 9.17) is 23.7 Å². The zero-order valence-corrected chi connectivity index (χ0v) is 22.6. The van der Waals surface area contributed by atoms with Gasteiger partial charge in [0.25, 0.3) is 5.91 Å². The fourth-order valence-corrected chi connectivity index (χ4v) is 3.56. The van der Waals surface area contributed by atoms with Gasteiger partial charge in [-0.1, -0.05) is 34.1 Å². The summed E-state index contributed by atoms with van der Waals surface area (Å²) in [5, 5.41) is 2.43. The zero-order chi connectivity index (χ0) is 28.4. The SMILES string of the molecule is CCCCOC(=O)Oc1c(C)ccnc1C(=O)NC1COC(=O)C(CC)C(OC(=O)C(C)C)C(C)OC1=O. The topological polar surface area (TPSA) is 156 Å². The van der Waals surface area contributed by atoms with Crippen LogP contribution in [0.15, 0.2) is 12.3 Å². The number of aryl methyl sites for hydroxylation is 1. The van der Waals surface area contributed by atoms with Gasteiger partial charge < -0.3 is 29.0 Å². The van der Waals surface area contributed by atoms with Crippen LogP contribution in [0.25, 0.3) is 0 Å². The number of ether oxygens (including phenoxy) is 5. The van der Waals surface area contributed by atoms with Crippen LogP contribution >= 0.6 is 0 Å². The van der Waals surface area contributed by atoms with Gasteiger partial charge in [0, 0.05) is 6.20 Å². The molecule has 0 spiro atoms. The maximum Gasteiger partial charge on any atom is 0.513 e. The van der Waals surface area contributed by atoms with Crippen LogP contribution in [0.4, 0.5) is 4.79 Å². The van der Waals surface area contributed by atoms with Crippen molar-refractivity contribution >= 4 is 30.0 Å². The molecule has 1 aromatic heterocycles. The van der Waals surface area contributed by atoms with Crippen LogP contribution in [-0.2, 0) is 33.3 Å². The van der Waals surface area contributed by atoms with Crippen LogP contribution in [0.5, 0.6) is 5.75 Å². The van der Waals surface area contributed by atoms with Crippen molar-refractivity contribution in [1.82, 2.24) is 10.3 Å². The average molecular weight is 537 g/mol. The molecule has 1 N–H and O–H groups in total. The third kappa shape index (κ3) is 8.15. The minimum absolute atomic E-state index is 0.139. The lowest BCUT2D eigenvalue weighted by Crippen LogP contribution is -2.47. The number of hydrogen-bond acceptors (Lipinski definition) is 11. The smallest absolute Gasteiger partial charge is 0.463 e. The van der Waals surface area contributed by atoms with Crippen LogP contribution < -0.4 is 10.1 Å². The van der Waals surface area contributed by atoms with E-state index in [1.165, 1.54) is 19.2 Å². The first-order valence-electron chi connectivity index (χ1n) is 12.7. The molecule has 1 aliphatic heterocycles. The molecular formula is C26H36N2O10. The molecule has 4 atom stereocenters. The predicted octanol–water partition coefficient (Wildman–Crippen LogP) is 2.89. The molecule has 2 heterocycles. The second kappa shape index (κ2) is 14.3. The molecule has 1 saturated heterocycles. The van der Waals surface area contributed by atoms with Gasteiger partial charge in [-0.05, 0) is 38.3 Å². The quantitative estimate of drug-likeness (QED) is 0.281. The molecule has 0 saturated carbocycles. The molecule has 1 amide bonds. The van der Waals surface area contributed by atoms with Gasteiger partial charge in [-0.15, -0.1) is 0 Å². The minimum atomic E-state index is -1.40. The van der Waals surface area contributed by atoms with Gasteiger partial charge in [-0.2, -0.15) is 0 Å². The number of hydrogen-bond donors (Lipinski definition) is 1.